The fraction of sp³-hybridized carbons (Fsp3) is 0.145. The molecule has 0 saturated heterocycles. The van der Waals surface area contributed by atoms with Gasteiger partial charge in [-0.15, -0.1) is 0 Å². The van der Waals surface area contributed by atoms with Gasteiger partial charge < -0.3 is 56.4 Å². The van der Waals surface area contributed by atoms with Crippen molar-refractivity contribution in [3.8, 4) is 114 Å². The highest BCUT2D eigenvalue weighted by molar-refractivity contribution is 7.75. The first-order valence-electron chi connectivity index (χ1n) is 44.5. The minimum Gasteiger partial charge on any atom is -0.489 e. The lowest BCUT2D eigenvalue weighted by molar-refractivity contribution is 0.299. The molecule has 2 heterocycles. The summed E-state index contributed by atoms with van der Waals surface area (Å²) in [4.78, 5) is 0. The standard InChI is InChI=1S/C117H102O14P2/c1-13-83-31-35-85(36-32-83)69-120-97-55-58-108(112(67-97)133(119)110-30-22-18-26-104(110)102-24-16-20-28-106(102)131-133)123-72-88-41-49-94(50-42-88)127-96-53-45-90(46-54-96)74-125-114-81(9)65-100(66-82(114)10)129-116-77(5)61-92(62-78(116)6)117(11,12)91-59-75(3)115(76(4)60-91)128-99-63-79(7)113(80(8)64-99)124-73-89-43-51-95(52-44-89)126-93-47-39-87(40-48-93)70-121-98-56-57-107(122-71-86-37-33-84(14-2)34-38-86)111(68-98)132(118)109-29-21-17-25-103(109)101-23-15-19-27-105(101)130-132/h13-68H,1-2,69-74H2,3-12H3. The van der Waals surface area contributed by atoms with Crippen molar-refractivity contribution < 1.29 is 65.5 Å². The molecule has 0 bridgehead atoms. The molecule has 664 valence electrons. The van der Waals surface area contributed by atoms with E-state index in [4.69, 9.17) is 56.4 Å². The van der Waals surface area contributed by atoms with Gasteiger partial charge in [0.15, 0.2) is 0 Å². The van der Waals surface area contributed by atoms with E-state index in [0.717, 1.165) is 146 Å². The van der Waals surface area contributed by atoms with E-state index in [2.05, 4.69) is 107 Å². The number of benzene rings is 16. The first-order valence-corrected chi connectivity index (χ1v) is 47.7. The van der Waals surface area contributed by atoms with Crippen molar-refractivity contribution >= 4 is 48.1 Å². The molecule has 0 saturated carbocycles. The SMILES string of the molecule is C=Cc1ccc(COc2ccc(OCc3ccc(Oc4ccc(COc5c(C)cc(Oc6c(C)cc(C(C)(C)c7cc(C)c(Oc8cc(C)c(OCc9ccc(Oc%10ccc(COc%11ccc(OCc%12ccc(C=C)cc%12)c(P%12(=O)Oc%13ccccc%13-c%13ccccc%13%12)c%11)cc%10)cc9)c(C)c8)c(C)c7)cc6C)cc5C)cc4)cc3)c(P3(=O)Oc4ccccc4-c4ccccc43)c2)cc1. The van der Waals surface area contributed by atoms with E-state index < -0.39 is 14.7 Å². The first-order chi connectivity index (χ1) is 64.5. The van der Waals surface area contributed by atoms with E-state index in [1.54, 1.807) is 24.3 Å². The molecular weight excluding hydrogens is 1690 g/mol. The van der Waals surface area contributed by atoms with Crippen molar-refractivity contribution in [2.24, 2.45) is 0 Å². The molecular formula is C117H102O14P2. The van der Waals surface area contributed by atoms with Gasteiger partial charge in [0.1, 0.15) is 132 Å². The molecule has 16 aromatic rings. The van der Waals surface area contributed by atoms with Crippen LogP contribution in [0.1, 0.15) is 114 Å². The zero-order valence-corrected chi connectivity index (χ0v) is 77.9. The highest BCUT2D eigenvalue weighted by Crippen LogP contribution is 2.58. The third-order valence-electron chi connectivity index (χ3n) is 24.4. The molecule has 133 heavy (non-hydrogen) atoms. The molecule has 18 rings (SSSR count). The highest BCUT2D eigenvalue weighted by atomic mass is 31.2. The van der Waals surface area contributed by atoms with Crippen LogP contribution in [0.25, 0.3) is 34.4 Å². The number of ether oxygens (including phenoxy) is 10. The Kier molecular flexibility index (Phi) is 25.5. The van der Waals surface area contributed by atoms with E-state index in [9.17, 15) is 0 Å². The summed E-state index contributed by atoms with van der Waals surface area (Å²) in [6, 6.07) is 106. The summed E-state index contributed by atoms with van der Waals surface area (Å²) in [6.45, 7) is 30.7. The molecule has 16 aromatic carbocycles. The van der Waals surface area contributed by atoms with Crippen LogP contribution in [0.15, 0.2) is 341 Å². The molecule has 16 heteroatoms. The summed E-state index contributed by atoms with van der Waals surface area (Å²) in [5.74, 6) is 10.5. The molecule has 0 aromatic heterocycles. The number of aryl methyl sites for hydroxylation is 8. The van der Waals surface area contributed by atoms with Crippen LogP contribution in [0.3, 0.4) is 0 Å². The Morgan fingerprint density at radius 1 is 0.263 bits per heavy atom. The number of hydrogen-bond acceptors (Lipinski definition) is 14. The summed E-state index contributed by atoms with van der Waals surface area (Å²) in [6.07, 6.45) is 3.61. The predicted molar refractivity (Wildman–Crippen MR) is 533 cm³/mol. The minimum absolute atomic E-state index is 0.193. The maximum Gasteiger partial charge on any atom is 0.311 e. The molecule has 0 fully saturated rings. The smallest absolute Gasteiger partial charge is 0.311 e. The second-order valence-electron chi connectivity index (χ2n) is 34.5. The van der Waals surface area contributed by atoms with Gasteiger partial charge in [-0.25, -0.2) is 0 Å². The number of para-hydroxylation sites is 2. The lowest BCUT2D eigenvalue weighted by atomic mass is 9.76. The summed E-state index contributed by atoms with van der Waals surface area (Å²) < 4.78 is 109. The van der Waals surface area contributed by atoms with E-state index in [1.807, 2.05) is 291 Å². The topological polar surface area (TPSA) is 145 Å². The van der Waals surface area contributed by atoms with Crippen LogP contribution in [0.2, 0.25) is 0 Å². The molecule has 0 spiro atoms. The molecule has 2 unspecified atom stereocenters. The largest absolute Gasteiger partial charge is 0.489 e. The van der Waals surface area contributed by atoms with Crippen molar-refractivity contribution in [1.82, 2.24) is 0 Å². The van der Waals surface area contributed by atoms with E-state index in [-0.39, 0.29) is 25.2 Å². The molecule has 0 amide bonds. The van der Waals surface area contributed by atoms with E-state index in [1.165, 1.54) is 11.1 Å². The molecule has 0 aliphatic carbocycles. The Bertz CT molecular complexity index is 7070. The van der Waals surface area contributed by atoms with Gasteiger partial charge in [-0.05, 0) is 300 Å². The molecule has 0 N–H and O–H groups in total. The average molecular weight is 1790 g/mol. The monoisotopic (exact) mass is 1790 g/mol. The maximum atomic E-state index is 15.6. The second kappa shape index (κ2) is 38.2. The van der Waals surface area contributed by atoms with Gasteiger partial charge in [0.2, 0.25) is 0 Å². The Labute approximate surface area is 778 Å². The Morgan fingerprint density at radius 3 is 0.857 bits per heavy atom. The van der Waals surface area contributed by atoms with E-state index >= 15 is 9.13 Å². The zero-order chi connectivity index (χ0) is 92.1. The van der Waals surface area contributed by atoms with Gasteiger partial charge in [-0.3, -0.25) is 9.13 Å². The number of hydrogen-bond donors (Lipinski definition) is 0. The lowest BCUT2D eigenvalue weighted by Gasteiger charge is -2.30. The van der Waals surface area contributed by atoms with Gasteiger partial charge in [0, 0.05) is 16.5 Å². The third kappa shape index (κ3) is 19.3. The van der Waals surface area contributed by atoms with Crippen LogP contribution in [-0.2, 0) is 54.2 Å². The fourth-order valence-electron chi connectivity index (χ4n) is 17.2. The van der Waals surface area contributed by atoms with Crippen LogP contribution < -0.4 is 77.6 Å². The van der Waals surface area contributed by atoms with Crippen molar-refractivity contribution in [1.29, 1.82) is 0 Å². The van der Waals surface area contributed by atoms with Crippen LogP contribution in [-0.4, -0.2) is 0 Å². The Hall–Kier alpha value is -14.9. The van der Waals surface area contributed by atoms with Crippen LogP contribution >= 0.6 is 14.7 Å². The predicted octanol–water partition coefficient (Wildman–Crippen LogP) is 29.0. The number of fused-ring (bicyclic) bond motifs is 6. The highest BCUT2D eigenvalue weighted by Gasteiger charge is 2.43. The van der Waals surface area contributed by atoms with Gasteiger partial charge >= 0.3 is 14.7 Å². The number of rotatable bonds is 32. The van der Waals surface area contributed by atoms with E-state index in [0.29, 0.717) is 98.5 Å². The quantitative estimate of drug-likeness (QED) is 0.0369. The van der Waals surface area contributed by atoms with Crippen molar-refractivity contribution in [3.05, 3.63) is 441 Å². The van der Waals surface area contributed by atoms with Gasteiger partial charge in [0.25, 0.3) is 0 Å². The molecule has 2 aliphatic heterocycles. The van der Waals surface area contributed by atoms with Crippen LogP contribution in [0.5, 0.6) is 92.0 Å². The average Bonchev–Trinajstić information content (AvgIpc) is 0.726. The van der Waals surface area contributed by atoms with Gasteiger partial charge in [-0.1, -0.05) is 233 Å². The third-order valence-corrected chi connectivity index (χ3v) is 29.3. The van der Waals surface area contributed by atoms with Crippen molar-refractivity contribution in [2.75, 3.05) is 0 Å². The van der Waals surface area contributed by atoms with Crippen molar-refractivity contribution in [2.45, 2.75) is 114 Å². The molecule has 2 atom stereocenters. The lowest BCUT2D eigenvalue weighted by Crippen LogP contribution is -2.26. The van der Waals surface area contributed by atoms with Crippen molar-refractivity contribution in [3.63, 3.8) is 0 Å². The first kappa shape index (κ1) is 88.7. The summed E-state index contributed by atoms with van der Waals surface area (Å²) in [7, 11) is -7.53. The van der Waals surface area contributed by atoms with Gasteiger partial charge in [0.05, 0.1) is 21.2 Å². The zero-order valence-electron chi connectivity index (χ0n) is 76.1. The second-order valence-corrected chi connectivity index (χ2v) is 39.0. The van der Waals surface area contributed by atoms with Crippen LogP contribution in [0.4, 0.5) is 0 Å². The maximum absolute atomic E-state index is 15.6. The molecule has 0 radical (unpaired) electrons. The molecule has 14 nitrogen and oxygen atoms in total. The Morgan fingerprint density at radius 2 is 0.534 bits per heavy atom. The molecule has 2 aliphatic rings. The summed E-state index contributed by atoms with van der Waals surface area (Å²) >= 11 is 0. The fourth-order valence-corrected chi connectivity index (χ4v) is 22.0. The normalized spacial score (nSPS) is 14.0. The summed E-state index contributed by atoms with van der Waals surface area (Å²) in [5, 5.41) is 2.02. The Balaban J connectivity index is 0.455. The minimum atomic E-state index is -3.77. The van der Waals surface area contributed by atoms with Crippen LogP contribution in [0, 0.1) is 55.4 Å². The summed E-state index contributed by atoms with van der Waals surface area (Å²) in [5.41, 5.74) is 21.2. The van der Waals surface area contributed by atoms with Gasteiger partial charge in [-0.2, -0.15) is 0 Å².